The first kappa shape index (κ1) is 20.7. The highest BCUT2D eigenvalue weighted by molar-refractivity contribution is 7.90. The summed E-state index contributed by atoms with van der Waals surface area (Å²) in [5.41, 5.74) is 1.10. The Morgan fingerprint density at radius 1 is 1.27 bits per heavy atom. The molecule has 0 aliphatic carbocycles. The lowest BCUT2D eigenvalue weighted by molar-refractivity contribution is 0.324. The Morgan fingerprint density at radius 2 is 2.00 bits per heavy atom. The Morgan fingerprint density at radius 3 is 2.62 bits per heavy atom. The highest BCUT2D eigenvalue weighted by Crippen LogP contribution is 2.15. The van der Waals surface area contributed by atoms with Gasteiger partial charge in [0.2, 0.25) is 0 Å². The van der Waals surface area contributed by atoms with Crippen molar-refractivity contribution in [1.29, 1.82) is 0 Å². The Bertz CT molecular complexity index is 686. The Kier molecular flexibility index (Phi) is 7.90. The van der Waals surface area contributed by atoms with Gasteiger partial charge in [0.05, 0.1) is 4.90 Å². The molecule has 2 N–H and O–H groups in total. The van der Waals surface area contributed by atoms with Gasteiger partial charge in [0.15, 0.2) is 15.8 Å². The number of nitrogens with one attached hydrogen (secondary N) is 2. The van der Waals surface area contributed by atoms with Crippen LogP contribution in [0.4, 0.5) is 0 Å². The van der Waals surface area contributed by atoms with Crippen molar-refractivity contribution in [2.24, 2.45) is 10.9 Å². The summed E-state index contributed by atoms with van der Waals surface area (Å²) in [5, 5.41) is 6.75. The van der Waals surface area contributed by atoms with Gasteiger partial charge in [-0.3, -0.25) is 4.99 Å². The van der Waals surface area contributed by atoms with E-state index in [9.17, 15) is 8.42 Å². The molecule has 0 amide bonds. The first-order valence-electron chi connectivity index (χ1n) is 9.38. The normalized spacial score (nSPS) is 18.9. The first-order valence-corrected chi connectivity index (χ1v) is 11.3. The van der Waals surface area contributed by atoms with E-state index in [1.165, 1.54) is 38.7 Å². The van der Waals surface area contributed by atoms with Gasteiger partial charge in [-0.1, -0.05) is 19.1 Å². The largest absolute Gasteiger partial charge is 0.356 e. The molecule has 1 saturated heterocycles. The van der Waals surface area contributed by atoms with Gasteiger partial charge < -0.3 is 15.5 Å². The fourth-order valence-corrected chi connectivity index (χ4v) is 3.92. The summed E-state index contributed by atoms with van der Waals surface area (Å²) < 4.78 is 23.0. The van der Waals surface area contributed by atoms with Crippen LogP contribution in [-0.4, -0.2) is 65.3 Å². The Balaban J connectivity index is 1.70. The Hall–Kier alpha value is -1.60. The van der Waals surface area contributed by atoms with Gasteiger partial charge in [0.25, 0.3) is 0 Å². The van der Waals surface area contributed by atoms with Crippen molar-refractivity contribution in [1.82, 2.24) is 15.5 Å². The van der Waals surface area contributed by atoms with E-state index in [2.05, 4.69) is 27.4 Å². The fraction of sp³-hybridized carbons (Fsp3) is 0.632. The maximum atomic E-state index is 11.5. The molecule has 26 heavy (non-hydrogen) atoms. The van der Waals surface area contributed by atoms with Gasteiger partial charge in [-0.2, -0.15) is 0 Å². The predicted octanol–water partition coefficient (Wildman–Crippen LogP) is 1.53. The van der Waals surface area contributed by atoms with E-state index in [1.54, 1.807) is 19.2 Å². The van der Waals surface area contributed by atoms with E-state index in [4.69, 9.17) is 0 Å². The van der Waals surface area contributed by atoms with Crippen molar-refractivity contribution in [2.75, 3.05) is 46.0 Å². The van der Waals surface area contributed by atoms with Crippen LogP contribution in [-0.2, 0) is 16.3 Å². The average molecular weight is 381 g/mol. The second kappa shape index (κ2) is 9.92. The zero-order valence-corrected chi connectivity index (χ0v) is 17.0. The second-order valence-corrected chi connectivity index (χ2v) is 9.02. The van der Waals surface area contributed by atoms with Gasteiger partial charge in [-0.15, -0.1) is 0 Å². The van der Waals surface area contributed by atoms with E-state index in [1.807, 2.05) is 12.1 Å². The number of rotatable bonds is 8. The third-order valence-corrected chi connectivity index (χ3v) is 5.88. The molecule has 6 nitrogen and oxygen atoms in total. The minimum Gasteiger partial charge on any atom is -0.356 e. The third-order valence-electron chi connectivity index (χ3n) is 4.75. The maximum Gasteiger partial charge on any atom is 0.190 e. The number of likely N-dealkylation sites (tertiary alicyclic amines) is 1. The van der Waals surface area contributed by atoms with Crippen molar-refractivity contribution in [3.63, 3.8) is 0 Å². The molecule has 1 aromatic rings. The van der Waals surface area contributed by atoms with Crippen LogP contribution in [0.1, 0.15) is 25.3 Å². The molecule has 0 aromatic heterocycles. The van der Waals surface area contributed by atoms with E-state index >= 15 is 0 Å². The maximum absolute atomic E-state index is 11.5. The summed E-state index contributed by atoms with van der Waals surface area (Å²) in [4.78, 5) is 7.18. The van der Waals surface area contributed by atoms with Gasteiger partial charge in [-0.05, 0) is 56.0 Å². The molecule has 1 aromatic carbocycles. The molecular formula is C19H32N4O2S. The monoisotopic (exact) mass is 380 g/mol. The van der Waals surface area contributed by atoms with Crippen LogP contribution in [0.5, 0.6) is 0 Å². The molecule has 1 unspecified atom stereocenters. The lowest BCUT2D eigenvalue weighted by Gasteiger charge is -2.17. The number of aliphatic imine (C=N–C) groups is 1. The topological polar surface area (TPSA) is 73.8 Å². The molecule has 7 heteroatoms. The van der Waals surface area contributed by atoms with Crippen molar-refractivity contribution in [3.8, 4) is 0 Å². The van der Waals surface area contributed by atoms with Crippen LogP contribution in [0.2, 0.25) is 0 Å². The van der Waals surface area contributed by atoms with Crippen LogP contribution in [0.25, 0.3) is 0 Å². The molecule has 1 heterocycles. The summed E-state index contributed by atoms with van der Waals surface area (Å²) in [7, 11) is -1.34. The third kappa shape index (κ3) is 6.61. The molecular weight excluding hydrogens is 348 g/mol. The van der Waals surface area contributed by atoms with E-state index in [0.29, 0.717) is 10.8 Å². The standard InChI is InChI=1S/C19H32N4O2S/c1-4-12-23-13-10-17(15-23)14-22-19(20-2)21-11-9-16-5-7-18(8-6-16)26(3,24)25/h5-8,17H,4,9-15H2,1-3H3,(H2,20,21,22). The number of guanidine groups is 1. The van der Waals surface area contributed by atoms with Crippen LogP contribution in [0, 0.1) is 5.92 Å². The van der Waals surface area contributed by atoms with Crippen LogP contribution in [0.3, 0.4) is 0 Å². The number of hydrogen-bond acceptors (Lipinski definition) is 4. The number of nitrogens with zero attached hydrogens (tertiary/aromatic N) is 2. The van der Waals surface area contributed by atoms with Gasteiger partial charge in [-0.25, -0.2) is 8.42 Å². The second-order valence-electron chi connectivity index (χ2n) is 7.00. The smallest absolute Gasteiger partial charge is 0.190 e. The van der Waals surface area contributed by atoms with Gasteiger partial charge >= 0.3 is 0 Å². The van der Waals surface area contributed by atoms with Crippen molar-refractivity contribution in [2.45, 2.75) is 31.1 Å². The summed E-state index contributed by atoms with van der Waals surface area (Å²) >= 11 is 0. The summed E-state index contributed by atoms with van der Waals surface area (Å²) in [6.07, 6.45) is 4.51. The number of benzene rings is 1. The lowest BCUT2D eigenvalue weighted by atomic mass is 10.1. The van der Waals surface area contributed by atoms with E-state index in [0.717, 1.165) is 31.0 Å². The molecule has 0 spiro atoms. The summed E-state index contributed by atoms with van der Waals surface area (Å²) in [6, 6.07) is 7.07. The molecule has 146 valence electrons. The van der Waals surface area contributed by atoms with Crippen molar-refractivity contribution in [3.05, 3.63) is 29.8 Å². The molecule has 1 aliphatic heterocycles. The minimum absolute atomic E-state index is 0.361. The van der Waals surface area contributed by atoms with E-state index in [-0.39, 0.29) is 0 Å². The quantitative estimate of drug-likeness (QED) is 0.528. The van der Waals surface area contributed by atoms with E-state index < -0.39 is 9.84 Å². The molecule has 1 fully saturated rings. The lowest BCUT2D eigenvalue weighted by Crippen LogP contribution is -2.41. The average Bonchev–Trinajstić information content (AvgIpc) is 3.05. The highest BCUT2D eigenvalue weighted by atomic mass is 32.2. The van der Waals surface area contributed by atoms with Crippen LogP contribution >= 0.6 is 0 Å². The van der Waals surface area contributed by atoms with Gasteiger partial charge in [0, 0.05) is 32.9 Å². The number of sulfone groups is 1. The zero-order valence-electron chi connectivity index (χ0n) is 16.2. The summed E-state index contributed by atoms with van der Waals surface area (Å²) in [6.45, 7) is 7.50. The molecule has 2 rings (SSSR count). The van der Waals surface area contributed by atoms with Crippen molar-refractivity contribution >= 4 is 15.8 Å². The SMILES string of the molecule is CCCN1CCC(CNC(=NC)NCCc2ccc(S(C)(=O)=O)cc2)C1. The highest BCUT2D eigenvalue weighted by Gasteiger charge is 2.21. The fourth-order valence-electron chi connectivity index (χ4n) is 3.29. The molecule has 1 aliphatic rings. The predicted molar refractivity (Wildman–Crippen MR) is 107 cm³/mol. The molecule has 1 atom stereocenters. The number of hydrogen-bond donors (Lipinski definition) is 2. The van der Waals surface area contributed by atoms with Crippen molar-refractivity contribution < 1.29 is 8.42 Å². The molecule has 0 saturated carbocycles. The van der Waals surface area contributed by atoms with Crippen LogP contribution in [0.15, 0.2) is 34.2 Å². The summed E-state index contributed by atoms with van der Waals surface area (Å²) in [5.74, 6) is 1.51. The van der Waals surface area contributed by atoms with Gasteiger partial charge in [0.1, 0.15) is 0 Å². The molecule has 0 radical (unpaired) electrons. The Labute approximate surface area is 158 Å². The molecule has 0 bridgehead atoms. The zero-order chi connectivity index (χ0) is 19.0. The first-order chi connectivity index (χ1) is 12.4. The van der Waals surface area contributed by atoms with Crippen LogP contribution < -0.4 is 10.6 Å². The minimum atomic E-state index is -3.13.